The van der Waals surface area contributed by atoms with Crippen molar-refractivity contribution in [2.24, 2.45) is 15.6 Å². The van der Waals surface area contributed by atoms with E-state index in [0.29, 0.717) is 4.99 Å². The molecular weight excluding hydrogens is 144 g/mol. The van der Waals surface area contributed by atoms with E-state index in [1.807, 2.05) is 6.08 Å². The Morgan fingerprint density at radius 3 is 2.10 bits per heavy atom. The summed E-state index contributed by atoms with van der Waals surface area (Å²) < 4.78 is 0. The van der Waals surface area contributed by atoms with Crippen molar-refractivity contribution in [1.82, 2.24) is 0 Å². The van der Waals surface area contributed by atoms with Crippen molar-refractivity contribution in [3.63, 3.8) is 0 Å². The molecule has 0 aromatic rings. The van der Waals surface area contributed by atoms with Gasteiger partial charge in [-0.3, -0.25) is 0 Å². The number of allylic oxidation sites excluding steroid dienone is 1. The van der Waals surface area contributed by atoms with Crippen molar-refractivity contribution in [3.05, 3.63) is 11.8 Å². The number of hydrogen-bond donors (Lipinski definition) is 0. The summed E-state index contributed by atoms with van der Waals surface area (Å²) in [4.78, 5) is 0.588. The summed E-state index contributed by atoms with van der Waals surface area (Å²) in [6.07, 6.45) is 1.84. The molecule has 10 heavy (non-hydrogen) atoms. The van der Waals surface area contributed by atoms with Gasteiger partial charge in [0.1, 0.15) is 0 Å². The zero-order valence-electron chi connectivity index (χ0n) is 6.38. The molecule has 1 aliphatic heterocycles. The summed E-state index contributed by atoms with van der Waals surface area (Å²) in [6.45, 7) is 6.27. The van der Waals surface area contributed by atoms with E-state index in [1.165, 1.54) is 0 Å². The summed E-state index contributed by atoms with van der Waals surface area (Å²) in [5.74, 6) is 0. The predicted octanol–water partition coefficient (Wildman–Crippen LogP) is 2.71. The fraction of sp³-hybridized carbons (Fsp3) is 0.571. The Morgan fingerprint density at radius 1 is 1.30 bits per heavy atom. The molecule has 0 aliphatic carbocycles. The lowest BCUT2D eigenvalue weighted by molar-refractivity contribution is 0.497. The molecule has 0 radical (unpaired) electrons. The van der Waals surface area contributed by atoms with Gasteiger partial charge in [-0.2, -0.15) is 5.11 Å². The molecule has 1 rings (SSSR count). The molecule has 0 atom stereocenters. The zero-order valence-corrected chi connectivity index (χ0v) is 7.20. The van der Waals surface area contributed by atoms with E-state index >= 15 is 0 Å². The second kappa shape index (κ2) is 2.23. The third kappa shape index (κ3) is 1.48. The van der Waals surface area contributed by atoms with Gasteiger partial charge in [0, 0.05) is 11.5 Å². The van der Waals surface area contributed by atoms with Gasteiger partial charge in [-0.15, -0.1) is 5.11 Å². The van der Waals surface area contributed by atoms with Gasteiger partial charge in [-0.1, -0.05) is 33.0 Å². The largest absolute Gasteiger partial charge is 0.154 e. The molecule has 54 valence electrons. The van der Waals surface area contributed by atoms with Crippen LogP contribution in [0.5, 0.6) is 0 Å². The molecule has 0 aromatic heterocycles. The lowest BCUT2D eigenvalue weighted by Crippen LogP contribution is -2.05. The highest BCUT2D eigenvalue weighted by atomic mass is 32.1. The smallest absolute Gasteiger partial charge is 0.150 e. The van der Waals surface area contributed by atoms with Crippen LogP contribution in [0.1, 0.15) is 20.8 Å². The molecular formula is C7H10N2S. The normalized spacial score (nSPS) is 17.9. The van der Waals surface area contributed by atoms with Gasteiger partial charge in [0.25, 0.3) is 0 Å². The van der Waals surface area contributed by atoms with Crippen LogP contribution in [0, 0.1) is 5.41 Å². The molecule has 0 saturated carbocycles. The molecule has 1 heterocycles. The van der Waals surface area contributed by atoms with Gasteiger partial charge in [-0.05, 0) is 0 Å². The van der Waals surface area contributed by atoms with Crippen molar-refractivity contribution >= 4 is 17.2 Å². The Hall–Kier alpha value is -0.570. The van der Waals surface area contributed by atoms with E-state index in [4.69, 9.17) is 12.2 Å². The molecule has 0 unspecified atom stereocenters. The second-order valence-electron chi connectivity index (χ2n) is 3.32. The highest BCUT2D eigenvalue weighted by Crippen LogP contribution is 2.29. The quantitative estimate of drug-likeness (QED) is 0.492. The summed E-state index contributed by atoms with van der Waals surface area (Å²) in [5, 5.41) is 7.68. The van der Waals surface area contributed by atoms with Crippen molar-refractivity contribution in [2.45, 2.75) is 20.8 Å². The van der Waals surface area contributed by atoms with Gasteiger partial charge in [-0.25, -0.2) is 0 Å². The molecule has 3 heteroatoms. The topological polar surface area (TPSA) is 24.7 Å². The Balaban J connectivity index is 2.88. The molecule has 0 saturated heterocycles. The Bertz CT molecular complexity index is 220. The molecule has 2 nitrogen and oxygen atoms in total. The van der Waals surface area contributed by atoms with Gasteiger partial charge in [0.05, 0.1) is 5.70 Å². The molecule has 0 N–H and O–H groups in total. The Morgan fingerprint density at radius 2 is 1.90 bits per heavy atom. The summed E-state index contributed by atoms with van der Waals surface area (Å²) in [6, 6.07) is 0. The van der Waals surface area contributed by atoms with Crippen molar-refractivity contribution < 1.29 is 0 Å². The molecule has 0 bridgehead atoms. The lowest BCUT2D eigenvalue weighted by atomic mass is 9.92. The third-order valence-corrected chi connectivity index (χ3v) is 1.48. The Labute approximate surface area is 66.0 Å². The predicted molar refractivity (Wildman–Crippen MR) is 45.0 cm³/mol. The molecule has 0 fully saturated rings. The van der Waals surface area contributed by atoms with Crippen molar-refractivity contribution in [2.75, 3.05) is 0 Å². The van der Waals surface area contributed by atoms with Crippen LogP contribution in [-0.4, -0.2) is 4.99 Å². The molecule has 0 aromatic carbocycles. The molecule has 0 spiro atoms. The minimum Gasteiger partial charge on any atom is -0.154 e. The van der Waals surface area contributed by atoms with Crippen LogP contribution >= 0.6 is 12.2 Å². The van der Waals surface area contributed by atoms with E-state index in [-0.39, 0.29) is 5.41 Å². The van der Waals surface area contributed by atoms with E-state index in [9.17, 15) is 0 Å². The minimum absolute atomic E-state index is 0.0735. The fourth-order valence-corrected chi connectivity index (χ4v) is 0.797. The van der Waals surface area contributed by atoms with Crippen molar-refractivity contribution in [1.29, 1.82) is 0 Å². The van der Waals surface area contributed by atoms with Crippen LogP contribution in [-0.2, 0) is 0 Å². The van der Waals surface area contributed by atoms with E-state index in [0.717, 1.165) is 5.70 Å². The first-order valence-corrected chi connectivity index (χ1v) is 3.59. The maximum absolute atomic E-state index is 4.83. The van der Waals surface area contributed by atoms with E-state index in [2.05, 4.69) is 31.0 Å². The van der Waals surface area contributed by atoms with E-state index < -0.39 is 0 Å². The van der Waals surface area contributed by atoms with E-state index in [1.54, 1.807) is 0 Å². The maximum Gasteiger partial charge on any atom is 0.150 e. The van der Waals surface area contributed by atoms with Crippen LogP contribution in [0.3, 0.4) is 0 Å². The van der Waals surface area contributed by atoms with Crippen LogP contribution in [0.2, 0.25) is 0 Å². The average molecular weight is 154 g/mol. The fourth-order valence-electron chi connectivity index (χ4n) is 0.644. The number of azo groups is 1. The van der Waals surface area contributed by atoms with Crippen LogP contribution in [0.25, 0.3) is 0 Å². The average Bonchev–Trinajstić information content (AvgIpc) is 2.11. The number of nitrogens with zero attached hydrogens (tertiary/aromatic N) is 2. The molecule has 0 amide bonds. The van der Waals surface area contributed by atoms with Gasteiger partial charge in [0.15, 0.2) is 4.99 Å². The van der Waals surface area contributed by atoms with Gasteiger partial charge < -0.3 is 0 Å². The monoisotopic (exact) mass is 154 g/mol. The van der Waals surface area contributed by atoms with Crippen LogP contribution in [0.4, 0.5) is 0 Å². The highest BCUT2D eigenvalue weighted by Gasteiger charge is 2.20. The SMILES string of the molecule is CC(C)(C)C1=CC(=S)N=N1. The number of rotatable bonds is 0. The first-order valence-electron chi connectivity index (χ1n) is 3.18. The first-order chi connectivity index (χ1) is 4.50. The van der Waals surface area contributed by atoms with Crippen LogP contribution < -0.4 is 0 Å². The first kappa shape index (κ1) is 7.54. The summed E-state index contributed by atoms with van der Waals surface area (Å²) in [7, 11) is 0. The minimum atomic E-state index is 0.0735. The number of hydrogen-bond acceptors (Lipinski definition) is 2. The van der Waals surface area contributed by atoms with Crippen LogP contribution in [0.15, 0.2) is 22.0 Å². The molecule has 1 aliphatic rings. The second-order valence-corrected chi connectivity index (χ2v) is 3.74. The maximum atomic E-state index is 4.83. The third-order valence-electron chi connectivity index (χ3n) is 1.28. The summed E-state index contributed by atoms with van der Waals surface area (Å²) >= 11 is 4.83. The van der Waals surface area contributed by atoms with Crippen molar-refractivity contribution in [3.8, 4) is 0 Å². The number of thiocarbonyl (C=S) groups is 1. The highest BCUT2D eigenvalue weighted by molar-refractivity contribution is 7.80. The zero-order chi connectivity index (χ0) is 7.78. The lowest BCUT2D eigenvalue weighted by Gasteiger charge is -2.14. The Kier molecular flexibility index (Phi) is 1.68. The van der Waals surface area contributed by atoms with Gasteiger partial charge in [0.2, 0.25) is 0 Å². The summed E-state index contributed by atoms with van der Waals surface area (Å²) in [5.41, 5.74) is 1.04. The standard InChI is InChI=1S/C7H10N2S/c1-7(2,3)5-4-6(10)9-8-5/h4H,1-3H3. The van der Waals surface area contributed by atoms with Gasteiger partial charge >= 0.3 is 0 Å².